The summed E-state index contributed by atoms with van der Waals surface area (Å²) in [6.07, 6.45) is 1.76. The molecule has 0 aliphatic heterocycles. The molecule has 8 heteroatoms. The summed E-state index contributed by atoms with van der Waals surface area (Å²) in [5, 5.41) is 26.6. The molecule has 0 saturated heterocycles. The summed E-state index contributed by atoms with van der Waals surface area (Å²) >= 11 is 0. The zero-order valence-corrected chi connectivity index (χ0v) is 19.2. The van der Waals surface area contributed by atoms with Crippen LogP contribution in [0.15, 0.2) is 54.9 Å². The molecule has 0 aliphatic rings. The molecule has 1 unspecified atom stereocenters. The molecule has 0 saturated carbocycles. The average Bonchev–Trinajstić information content (AvgIpc) is 3.21. The van der Waals surface area contributed by atoms with Crippen molar-refractivity contribution in [3.8, 4) is 5.75 Å². The van der Waals surface area contributed by atoms with E-state index >= 15 is 0 Å². The van der Waals surface area contributed by atoms with Crippen LogP contribution in [0.1, 0.15) is 30.5 Å². The SMILES string of the molecule is Cc1ccc(O)c(CNc2nc(NC(CO)C(C)C)nc3c2ncn3Cc2ccccc2)c1. The molecular formula is C25H30N6O2. The van der Waals surface area contributed by atoms with Crippen molar-refractivity contribution in [1.82, 2.24) is 19.5 Å². The monoisotopic (exact) mass is 446 g/mol. The third-order valence-corrected chi connectivity index (χ3v) is 5.66. The van der Waals surface area contributed by atoms with Crippen LogP contribution in [-0.4, -0.2) is 42.4 Å². The molecule has 2 aromatic heterocycles. The second-order valence-corrected chi connectivity index (χ2v) is 8.59. The Balaban J connectivity index is 1.71. The minimum absolute atomic E-state index is 0.0255. The molecule has 0 radical (unpaired) electrons. The van der Waals surface area contributed by atoms with E-state index in [0.29, 0.717) is 36.0 Å². The Kier molecular flexibility index (Phi) is 6.74. The van der Waals surface area contributed by atoms with Crippen molar-refractivity contribution in [2.24, 2.45) is 5.92 Å². The fraction of sp³-hybridized carbons (Fsp3) is 0.320. The predicted molar refractivity (Wildman–Crippen MR) is 130 cm³/mol. The molecule has 0 aliphatic carbocycles. The van der Waals surface area contributed by atoms with E-state index in [1.807, 2.05) is 55.7 Å². The Morgan fingerprint density at radius 2 is 1.85 bits per heavy atom. The molecule has 33 heavy (non-hydrogen) atoms. The van der Waals surface area contributed by atoms with Crippen molar-refractivity contribution < 1.29 is 10.2 Å². The van der Waals surface area contributed by atoms with Gasteiger partial charge in [0.25, 0.3) is 0 Å². The molecule has 4 rings (SSSR count). The number of aliphatic hydroxyl groups is 1. The highest BCUT2D eigenvalue weighted by Crippen LogP contribution is 2.25. The summed E-state index contributed by atoms with van der Waals surface area (Å²) in [5.74, 6) is 1.41. The van der Waals surface area contributed by atoms with Crippen LogP contribution in [-0.2, 0) is 13.1 Å². The number of imidazole rings is 1. The second-order valence-electron chi connectivity index (χ2n) is 8.59. The van der Waals surface area contributed by atoms with E-state index in [1.54, 1.807) is 12.4 Å². The lowest BCUT2D eigenvalue weighted by Gasteiger charge is -2.20. The number of nitrogens with one attached hydrogen (secondary N) is 2. The van der Waals surface area contributed by atoms with Crippen LogP contribution in [0, 0.1) is 12.8 Å². The third-order valence-electron chi connectivity index (χ3n) is 5.66. The Morgan fingerprint density at radius 3 is 2.58 bits per heavy atom. The lowest BCUT2D eigenvalue weighted by Crippen LogP contribution is -2.30. The number of hydrogen-bond donors (Lipinski definition) is 4. The Hall–Kier alpha value is -3.65. The van der Waals surface area contributed by atoms with Crippen LogP contribution in [0.25, 0.3) is 11.2 Å². The highest BCUT2D eigenvalue weighted by Gasteiger charge is 2.18. The quantitative estimate of drug-likeness (QED) is 0.308. The van der Waals surface area contributed by atoms with Crippen molar-refractivity contribution in [3.05, 3.63) is 71.5 Å². The zero-order chi connectivity index (χ0) is 23.4. The topological polar surface area (TPSA) is 108 Å². The summed E-state index contributed by atoms with van der Waals surface area (Å²) in [5.41, 5.74) is 4.31. The molecule has 4 N–H and O–H groups in total. The summed E-state index contributed by atoms with van der Waals surface area (Å²) in [6.45, 7) is 7.04. The Morgan fingerprint density at radius 1 is 1.06 bits per heavy atom. The maximum Gasteiger partial charge on any atom is 0.227 e. The number of hydrogen-bond acceptors (Lipinski definition) is 7. The van der Waals surface area contributed by atoms with E-state index in [2.05, 4.69) is 32.7 Å². The van der Waals surface area contributed by atoms with Gasteiger partial charge in [-0.2, -0.15) is 9.97 Å². The van der Waals surface area contributed by atoms with Crippen LogP contribution in [0.4, 0.5) is 11.8 Å². The van der Waals surface area contributed by atoms with Gasteiger partial charge in [-0.05, 0) is 24.5 Å². The lowest BCUT2D eigenvalue weighted by molar-refractivity contribution is 0.248. The first-order valence-electron chi connectivity index (χ1n) is 11.1. The second kappa shape index (κ2) is 9.87. The molecule has 0 spiro atoms. The van der Waals surface area contributed by atoms with E-state index in [1.165, 1.54) is 0 Å². The fourth-order valence-electron chi connectivity index (χ4n) is 3.65. The van der Waals surface area contributed by atoms with Gasteiger partial charge in [0.1, 0.15) is 5.75 Å². The van der Waals surface area contributed by atoms with E-state index in [4.69, 9.17) is 4.98 Å². The van der Waals surface area contributed by atoms with Gasteiger partial charge in [-0.1, -0.05) is 61.9 Å². The Labute approximate surface area is 193 Å². The van der Waals surface area contributed by atoms with Crippen molar-refractivity contribution in [1.29, 1.82) is 0 Å². The Bertz CT molecular complexity index is 1220. The molecular weight excluding hydrogens is 416 g/mol. The first kappa shape index (κ1) is 22.5. The number of anilines is 2. The van der Waals surface area contributed by atoms with Gasteiger partial charge in [0.2, 0.25) is 5.95 Å². The van der Waals surface area contributed by atoms with E-state index in [9.17, 15) is 10.2 Å². The zero-order valence-electron chi connectivity index (χ0n) is 19.2. The summed E-state index contributed by atoms with van der Waals surface area (Å²) < 4.78 is 1.98. The molecule has 8 nitrogen and oxygen atoms in total. The first-order chi connectivity index (χ1) is 15.9. The number of rotatable bonds is 9. The normalized spacial score (nSPS) is 12.3. The van der Waals surface area contributed by atoms with Gasteiger partial charge in [-0.15, -0.1) is 0 Å². The third kappa shape index (κ3) is 5.23. The van der Waals surface area contributed by atoms with Crippen molar-refractivity contribution in [3.63, 3.8) is 0 Å². The van der Waals surface area contributed by atoms with Gasteiger partial charge in [0.05, 0.1) is 25.5 Å². The van der Waals surface area contributed by atoms with Gasteiger partial charge in [-0.25, -0.2) is 4.98 Å². The van der Waals surface area contributed by atoms with Crippen molar-refractivity contribution >= 4 is 22.9 Å². The number of nitrogens with zero attached hydrogens (tertiary/aromatic N) is 4. The molecule has 0 fully saturated rings. The molecule has 1 atom stereocenters. The van der Waals surface area contributed by atoms with Crippen LogP contribution >= 0.6 is 0 Å². The van der Waals surface area contributed by atoms with Gasteiger partial charge in [0, 0.05) is 12.1 Å². The maximum atomic E-state index is 10.2. The number of aliphatic hydroxyl groups excluding tert-OH is 1. The molecule has 4 aromatic rings. The molecule has 0 amide bonds. The first-order valence-corrected chi connectivity index (χ1v) is 11.1. The maximum absolute atomic E-state index is 10.2. The minimum Gasteiger partial charge on any atom is -0.508 e. The van der Waals surface area contributed by atoms with E-state index < -0.39 is 0 Å². The summed E-state index contributed by atoms with van der Waals surface area (Å²) in [7, 11) is 0. The minimum atomic E-state index is -0.179. The van der Waals surface area contributed by atoms with Crippen molar-refractivity contribution in [2.45, 2.75) is 39.9 Å². The number of aromatic hydroxyl groups is 1. The fourth-order valence-corrected chi connectivity index (χ4v) is 3.65. The smallest absolute Gasteiger partial charge is 0.227 e. The molecule has 172 valence electrons. The van der Waals surface area contributed by atoms with Crippen LogP contribution in [0.2, 0.25) is 0 Å². The predicted octanol–water partition coefficient (Wildman–Crippen LogP) is 3.93. The average molecular weight is 447 g/mol. The van der Waals surface area contributed by atoms with Crippen LogP contribution in [0.5, 0.6) is 5.75 Å². The standard InChI is InChI=1S/C25H30N6O2/c1-16(2)20(14-32)28-25-29-23(26-12-19-11-17(3)9-10-21(19)33)22-24(30-25)31(15-27-22)13-18-7-5-4-6-8-18/h4-11,15-16,20,32-33H,12-14H2,1-3H3,(H2,26,28,29,30). The number of aromatic nitrogens is 4. The van der Waals surface area contributed by atoms with E-state index in [-0.39, 0.29) is 24.3 Å². The number of aryl methyl sites for hydroxylation is 1. The van der Waals surface area contributed by atoms with Gasteiger partial charge in [-0.3, -0.25) is 0 Å². The van der Waals surface area contributed by atoms with Crippen LogP contribution in [0.3, 0.4) is 0 Å². The van der Waals surface area contributed by atoms with Gasteiger partial charge >= 0.3 is 0 Å². The lowest BCUT2D eigenvalue weighted by atomic mass is 10.1. The number of benzene rings is 2. The van der Waals surface area contributed by atoms with Crippen LogP contribution < -0.4 is 10.6 Å². The highest BCUT2D eigenvalue weighted by molar-refractivity contribution is 5.84. The van der Waals surface area contributed by atoms with E-state index in [0.717, 1.165) is 16.7 Å². The number of fused-ring (bicyclic) bond motifs is 1. The summed E-state index contributed by atoms with van der Waals surface area (Å²) in [4.78, 5) is 14.0. The van der Waals surface area contributed by atoms with Crippen molar-refractivity contribution in [2.75, 3.05) is 17.2 Å². The molecule has 0 bridgehead atoms. The largest absolute Gasteiger partial charge is 0.508 e. The molecule has 2 aromatic carbocycles. The number of phenols is 1. The highest BCUT2D eigenvalue weighted by atomic mass is 16.3. The van der Waals surface area contributed by atoms with Gasteiger partial charge in [0.15, 0.2) is 17.0 Å². The molecule has 2 heterocycles. The summed E-state index contributed by atoms with van der Waals surface area (Å²) in [6, 6.07) is 15.4. The number of phenolic OH excluding ortho intramolecular Hbond substituents is 1. The van der Waals surface area contributed by atoms with Gasteiger partial charge < -0.3 is 25.4 Å².